The zero-order valence-electron chi connectivity index (χ0n) is 9.74. The Morgan fingerprint density at radius 2 is 2.11 bits per heavy atom. The molecule has 0 aliphatic rings. The minimum Gasteiger partial charge on any atom is -0.508 e. The van der Waals surface area contributed by atoms with Crippen molar-refractivity contribution in [3.05, 3.63) is 54.4 Å². The van der Waals surface area contributed by atoms with Gasteiger partial charge in [0, 0.05) is 30.1 Å². The van der Waals surface area contributed by atoms with Crippen LogP contribution in [0.15, 0.2) is 48.8 Å². The van der Waals surface area contributed by atoms with E-state index >= 15 is 0 Å². The van der Waals surface area contributed by atoms with Gasteiger partial charge in [-0.2, -0.15) is 0 Å². The Morgan fingerprint density at radius 1 is 1.22 bits per heavy atom. The van der Waals surface area contributed by atoms with Gasteiger partial charge in [-0.15, -0.1) is 0 Å². The normalized spacial score (nSPS) is 10.9. The zero-order valence-corrected chi connectivity index (χ0v) is 9.74. The van der Waals surface area contributed by atoms with Crippen LogP contribution < -0.4 is 5.73 Å². The van der Waals surface area contributed by atoms with Gasteiger partial charge in [-0.05, 0) is 18.2 Å². The fraction of sp³-hybridized carbons (Fsp3) is 0.0714. The number of hydrogen-bond acceptors (Lipinski definition) is 3. The Bertz CT molecular complexity index is 703. The highest BCUT2D eigenvalue weighted by Gasteiger charge is 2.07. The Morgan fingerprint density at radius 3 is 2.89 bits per heavy atom. The lowest BCUT2D eigenvalue weighted by Gasteiger charge is -1.98. The number of aromatic hydroxyl groups is 1. The SMILES string of the molecule is NCc1cccn2cc(-c3cccc(O)c3)nc12. The first-order valence-electron chi connectivity index (χ1n) is 5.74. The maximum absolute atomic E-state index is 9.50. The molecule has 4 nitrogen and oxygen atoms in total. The number of pyridine rings is 1. The lowest BCUT2D eigenvalue weighted by atomic mass is 10.1. The molecule has 2 aromatic heterocycles. The molecule has 18 heavy (non-hydrogen) atoms. The third-order valence-corrected chi connectivity index (χ3v) is 2.93. The quantitative estimate of drug-likeness (QED) is 0.720. The number of hydrogen-bond donors (Lipinski definition) is 2. The number of rotatable bonds is 2. The van der Waals surface area contributed by atoms with E-state index in [9.17, 15) is 5.11 Å². The molecule has 90 valence electrons. The molecular formula is C14H13N3O. The number of imidazole rings is 1. The predicted octanol–water partition coefficient (Wildman–Crippen LogP) is 2.17. The molecule has 0 saturated carbocycles. The Kier molecular flexibility index (Phi) is 2.50. The first-order valence-corrected chi connectivity index (χ1v) is 5.74. The van der Waals surface area contributed by atoms with E-state index in [2.05, 4.69) is 4.98 Å². The van der Waals surface area contributed by atoms with Gasteiger partial charge in [-0.25, -0.2) is 4.98 Å². The summed E-state index contributed by atoms with van der Waals surface area (Å²) < 4.78 is 1.95. The Hall–Kier alpha value is -2.33. The van der Waals surface area contributed by atoms with Crippen molar-refractivity contribution < 1.29 is 5.11 Å². The van der Waals surface area contributed by atoms with Gasteiger partial charge in [0.25, 0.3) is 0 Å². The minimum absolute atomic E-state index is 0.239. The highest BCUT2D eigenvalue weighted by molar-refractivity contribution is 5.65. The number of nitrogens with two attached hydrogens (primary N) is 1. The van der Waals surface area contributed by atoms with Crippen LogP contribution in [0, 0.1) is 0 Å². The fourth-order valence-electron chi connectivity index (χ4n) is 2.03. The molecule has 1 aromatic carbocycles. The first-order chi connectivity index (χ1) is 8.78. The second-order valence-corrected chi connectivity index (χ2v) is 4.14. The molecule has 0 amide bonds. The number of phenolic OH excluding ortho intramolecular Hbond substituents is 1. The molecule has 0 aliphatic heterocycles. The molecule has 4 heteroatoms. The zero-order chi connectivity index (χ0) is 12.5. The summed E-state index contributed by atoms with van der Waals surface area (Å²) in [7, 11) is 0. The molecule has 3 N–H and O–H groups in total. The number of aromatic nitrogens is 2. The van der Waals surface area contributed by atoms with Crippen LogP contribution >= 0.6 is 0 Å². The largest absolute Gasteiger partial charge is 0.508 e. The van der Waals surface area contributed by atoms with Gasteiger partial charge < -0.3 is 15.2 Å². The Balaban J connectivity index is 2.19. The average Bonchev–Trinajstić information content (AvgIpc) is 2.82. The van der Waals surface area contributed by atoms with Gasteiger partial charge in [0.1, 0.15) is 11.4 Å². The van der Waals surface area contributed by atoms with E-state index in [4.69, 9.17) is 5.73 Å². The van der Waals surface area contributed by atoms with Crippen molar-refractivity contribution in [2.45, 2.75) is 6.54 Å². The van der Waals surface area contributed by atoms with Crippen LogP contribution in [0.3, 0.4) is 0 Å². The summed E-state index contributed by atoms with van der Waals surface area (Å²) in [6.07, 6.45) is 3.87. The van der Waals surface area contributed by atoms with Crippen LogP contribution in [0.5, 0.6) is 5.75 Å². The molecule has 0 fully saturated rings. The minimum atomic E-state index is 0.239. The standard InChI is InChI=1S/C14H13N3O/c15-8-11-4-2-6-17-9-13(16-14(11)17)10-3-1-5-12(18)7-10/h1-7,9,18H,8,15H2. The van der Waals surface area contributed by atoms with Crippen molar-refractivity contribution in [2.24, 2.45) is 5.73 Å². The molecule has 2 heterocycles. The van der Waals surface area contributed by atoms with Gasteiger partial charge in [0.2, 0.25) is 0 Å². The highest BCUT2D eigenvalue weighted by Crippen LogP contribution is 2.23. The lowest BCUT2D eigenvalue weighted by molar-refractivity contribution is 0.475. The smallest absolute Gasteiger partial charge is 0.141 e. The molecule has 3 rings (SSSR count). The van der Waals surface area contributed by atoms with E-state index in [0.29, 0.717) is 6.54 Å². The molecule has 3 aromatic rings. The summed E-state index contributed by atoms with van der Waals surface area (Å²) in [5.41, 5.74) is 9.27. The van der Waals surface area contributed by atoms with E-state index in [1.165, 1.54) is 0 Å². The second kappa shape index (κ2) is 4.16. The molecular weight excluding hydrogens is 226 g/mol. The van der Waals surface area contributed by atoms with Crippen molar-refractivity contribution in [1.29, 1.82) is 0 Å². The molecule has 0 unspecified atom stereocenters. The van der Waals surface area contributed by atoms with Gasteiger partial charge in [0.05, 0.1) is 5.69 Å². The molecule has 0 bridgehead atoms. The van der Waals surface area contributed by atoms with E-state index in [1.54, 1.807) is 18.2 Å². The van der Waals surface area contributed by atoms with Crippen molar-refractivity contribution in [2.75, 3.05) is 0 Å². The van der Waals surface area contributed by atoms with Crippen molar-refractivity contribution in [1.82, 2.24) is 9.38 Å². The first kappa shape index (κ1) is 10.8. The van der Waals surface area contributed by atoms with Crippen LogP contribution in [0.1, 0.15) is 5.56 Å². The maximum Gasteiger partial charge on any atom is 0.141 e. The van der Waals surface area contributed by atoms with Crippen molar-refractivity contribution in [3.63, 3.8) is 0 Å². The maximum atomic E-state index is 9.50. The highest BCUT2D eigenvalue weighted by atomic mass is 16.3. The number of phenols is 1. The van der Waals surface area contributed by atoms with Crippen LogP contribution in [0.25, 0.3) is 16.9 Å². The van der Waals surface area contributed by atoms with E-state index in [1.807, 2.05) is 35.0 Å². The Labute approximate surface area is 104 Å². The van der Waals surface area contributed by atoms with Gasteiger partial charge in [-0.3, -0.25) is 0 Å². The third-order valence-electron chi connectivity index (χ3n) is 2.93. The fourth-order valence-corrected chi connectivity index (χ4v) is 2.03. The van der Waals surface area contributed by atoms with Crippen molar-refractivity contribution >= 4 is 5.65 Å². The van der Waals surface area contributed by atoms with Crippen LogP contribution in [-0.2, 0) is 6.54 Å². The van der Waals surface area contributed by atoms with E-state index < -0.39 is 0 Å². The van der Waals surface area contributed by atoms with Crippen LogP contribution in [0.4, 0.5) is 0 Å². The second-order valence-electron chi connectivity index (χ2n) is 4.14. The summed E-state index contributed by atoms with van der Waals surface area (Å²) in [5, 5.41) is 9.50. The van der Waals surface area contributed by atoms with E-state index in [-0.39, 0.29) is 5.75 Å². The molecule has 0 radical (unpaired) electrons. The topological polar surface area (TPSA) is 63.5 Å². The third kappa shape index (κ3) is 1.72. The molecule has 0 atom stereocenters. The number of nitrogens with zero attached hydrogens (tertiary/aromatic N) is 2. The van der Waals surface area contributed by atoms with Gasteiger partial charge in [0.15, 0.2) is 0 Å². The monoisotopic (exact) mass is 239 g/mol. The lowest BCUT2D eigenvalue weighted by Crippen LogP contribution is -1.99. The molecule has 0 spiro atoms. The number of benzene rings is 1. The van der Waals surface area contributed by atoms with Crippen molar-refractivity contribution in [3.8, 4) is 17.0 Å². The predicted molar refractivity (Wildman–Crippen MR) is 70.2 cm³/mol. The summed E-state index contributed by atoms with van der Waals surface area (Å²) in [6, 6.07) is 11.0. The summed E-state index contributed by atoms with van der Waals surface area (Å²) in [6.45, 7) is 0.459. The van der Waals surface area contributed by atoms with Crippen LogP contribution in [0.2, 0.25) is 0 Å². The van der Waals surface area contributed by atoms with Gasteiger partial charge in [-0.1, -0.05) is 18.2 Å². The molecule has 0 aliphatic carbocycles. The van der Waals surface area contributed by atoms with E-state index in [0.717, 1.165) is 22.5 Å². The summed E-state index contributed by atoms with van der Waals surface area (Å²) in [5.74, 6) is 0.239. The van der Waals surface area contributed by atoms with Gasteiger partial charge >= 0.3 is 0 Å². The average molecular weight is 239 g/mol. The molecule has 0 saturated heterocycles. The summed E-state index contributed by atoms with van der Waals surface area (Å²) >= 11 is 0. The van der Waals surface area contributed by atoms with Crippen LogP contribution in [-0.4, -0.2) is 14.5 Å². The summed E-state index contributed by atoms with van der Waals surface area (Å²) in [4.78, 5) is 4.57. The number of fused-ring (bicyclic) bond motifs is 1.